The quantitative estimate of drug-likeness (QED) is 0.887. The van der Waals surface area contributed by atoms with E-state index in [0.717, 1.165) is 11.1 Å². The Morgan fingerprint density at radius 3 is 2.33 bits per heavy atom. The van der Waals surface area contributed by atoms with Crippen molar-refractivity contribution in [1.82, 2.24) is 0 Å². The molecule has 4 nitrogen and oxygen atoms in total. The SMILES string of the molecule is Cc1ccc(N(C)S(=O)(=O)c2cccc(N)c2C)c(C)c1. The van der Waals surface area contributed by atoms with Crippen LogP contribution in [0.25, 0.3) is 0 Å². The van der Waals surface area contributed by atoms with Crippen LogP contribution in [0.2, 0.25) is 0 Å². The topological polar surface area (TPSA) is 63.4 Å². The summed E-state index contributed by atoms with van der Waals surface area (Å²) in [5, 5.41) is 0. The van der Waals surface area contributed by atoms with Crippen molar-refractivity contribution in [3.63, 3.8) is 0 Å². The molecule has 2 rings (SSSR count). The minimum Gasteiger partial charge on any atom is -0.398 e. The molecule has 0 saturated heterocycles. The summed E-state index contributed by atoms with van der Waals surface area (Å²) in [5.41, 5.74) is 9.57. The van der Waals surface area contributed by atoms with Gasteiger partial charge in [0.2, 0.25) is 0 Å². The lowest BCUT2D eigenvalue weighted by atomic mass is 10.1. The second-order valence-electron chi connectivity index (χ2n) is 5.23. The van der Waals surface area contributed by atoms with Crippen molar-refractivity contribution in [2.75, 3.05) is 17.1 Å². The average molecular weight is 304 g/mol. The van der Waals surface area contributed by atoms with Crippen molar-refractivity contribution < 1.29 is 8.42 Å². The molecule has 2 aromatic rings. The Bertz CT molecular complexity index is 783. The molecule has 0 aliphatic carbocycles. The lowest BCUT2D eigenvalue weighted by Crippen LogP contribution is -2.28. The largest absolute Gasteiger partial charge is 0.398 e. The maximum absolute atomic E-state index is 12.8. The maximum Gasteiger partial charge on any atom is 0.264 e. The number of sulfonamides is 1. The van der Waals surface area contributed by atoms with Crippen molar-refractivity contribution in [2.24, 2.45) is 0 Å². The van der Waals surface area contributed by atoms with E-state index in [4.69, 9.17) is 5.73 Å². The molecule has 0 radical (unpaired) electrons. The summed E-state index contributed by atoms with van der Waals surface area (Å²) in [6, 6.07) is 10.6. The molecule has 0 spiro atoms. The van der Waals surface area contributed by atoms with Gasteiger partial charge in [0.25, 0.3) is 10.0 Å². The van der Waals surface area contributed by atoms with Gasteiger partial charge in [0, 0.05) is 12.7 Å². The van der Waals surface area contributed by atoms with Crippen LogP contribution in [0, 0.1) is 20.8 Å². The lowest BCUT2D eigenvalue weighted by molar-refractivity contribution is 0.593. The second kappa shape index (κ2) is 5.41. The fourth-order valence-corrected chi connectivity index (χ4v) is 3.86. The molecule has 0 aromatic heterocycles. The molecule has 0 fully saturated rings. The van der Waals surface area contributed by atoms with Crippen LogP contribution in [-0.4, -0.2) is 15.5 Å². The number of nitrogen functional groups attached to an aromatic ring is 1. The number of anilines is 2. The summed E-state index contributed by atoms with van der Waals surface area (Å²) in [6.07, 6.45) is 0. The van der Waals surface area contributed by atoms with Gasteiger partial charge in [-0.3, -0.25) is 4.31 Å². The molecule has 0 saturated carbocycles. The fourth-order valence-electron chi connectivity index (χ4n) is 2.35. The molecule has 2 N–H and O–H groups in total. The van der Waals surface area contributed by atoms with E-state index >= 15 is 0 Å². The average Bonchev–Trinajstić information content (AvgIpc) is 2.41. The molecule has 0 atom stereocenters. The standard InChI is InChI=1S/C16H20N2O2S/c1-11-8-9-15(12(2)10-11)18(4)21(19,20)16-7-5-6-14(17)13(16)3/h5-10H,17H2,1-4H3. The highest BCUT2D eigenvalue weighted by molar-refractivity contribution is 7.92. The predicted molar refractivity (Wildman–Crippen MR) is 87.1 cm³/mol. The van der Waals surface area contributed by atoms with Crippen LogP contribution in [0.4, 0.5) is 11.4 Å². The zero-order valence-corrected chi connectivity index (χ0v) is 13.5. The number of nitrogens with two attached hydrogens (primary N) is 1. The van der Waals surface area contributed by atoms with Crippen LogP contribution in [0.15, 0.2) is 41.3 Å². The van der Waals surface area contributed by atoms with Gasteiger partial charge >= 0.3 is 0 Å². The Kier molecular flexibility index (Phi) is 3.96. The molecule has 5 heteroatoms. The van der Waals surface area contributed by atoms with Crippen LogP contribution in [0.3, 0.4) is 0 Å². The van der Waals surface area contributed by atoms with E-state index < -0.39 is 10.0 Å². The van der Waals surface area contributed by atoms with E-state index in [9.17, 15) is 8.42 Å². The first-order valence-corrected chi connectivity index (χ1v) is 8.10. The third kappa shape index (κ3) is 2.74. The number of benzene rings is 2. The van der Waals surface area contributed by atoms with Crippen LogP contribution in [-0.2, 0) is 10.0 Å². The summed E-state index contributed by atoms with van der Waals surface area (Å²) >= 11 is 0. The third-order valence-corrected chi connectivity index (χ3v) is 5.57. The Labute approximate surface area is 126 Å². The lowest BCUT2D eigenvalue weighted by Gasteiger charge is -2.23. The number of hydrogen-bond donors (Lipinski definition) is 1. The monoisotopic (exact) mass is 304 g/mol. The van der Waals surface area contributed by atoms with Crippen LogP contribution < -0.4 is 10.0 Å². The molecule has 0 aliphatic rings. The summed E-state index contributed by atoms with van der Waals surface area (Å²) in [6.45, 7) is 5.60. The van der Waals surface area contributed by atoms with Gasteiger partial charge in [0.05, 0.1) is 10.6 Å². The van der Waals surface area contributed by atoms with Gasteiger partial charge in [-0.15, -0.1) is 0 Å². The summed E-state index contributed by atoms with van der Waals surface area (Å²) in [7, 11) is -2.06. The predicted octanol–water partition coefficient (Wildman–Crippen LogP) is 3.02. The molecule has 0 unspecified atom stereocenters. The highest BCUT2D eigenvalue weighted by atomic mass is 32.2. The first-order valence-electron chi connectivity index (χ1n) is 6.66. The van der Waals surface area contributed by atoms with Gasteiger partial charge in [0.1, 0.15) is 0 Å². The highest BCUT2D eigenvalue weighted by Crippen LogP contribution is 2.29. The molecule has 21 heavy (non-hydrogen) atoms. The van der Waals surface area contributed by atoms with Gasteiger partial charge in [-0.05, 0) is 50.1 Å². The van der Waals surface area contributed by atoms with E-state index in [1.807, 2.05) is 32.0 Å². The van der Waals surface area contributed by atoms with Crippen molar-refractivity contribution in [2.45, 2.75) is 25.7 Å². The van der Waals surface area contributed by atoms with E-state index in [1.54, 1.807) is 32.2 Å². The Balaban J connectivity index is 2.55. The molecule has 0 amide bonds. The van der Waals surface area contributed by atoms with Crippen LogP contribution in [0.5, 0.6) is 0 Å². The van der Waals surface area contributed by atoms with E-state index in [0.29, 0.717) is 16.9 Å². The first kappa shape index (κ1) is 15.4. The Morgan fingerprint density at radius 1 is 1.05 bits per heavy atom. The van der Waals surface area contributed by atoms with Gasteiger partial charge in [-0.1, -0.05) is 23.8 Å². The van der Waals surface area contributed by atoms with Gasteiger partial charge in [-0.2, -0.15) is 0 Å². The van der Waals surface area contributed by atoms with Crippen molar-refractivity contribution in [3.8, 4) is 0 Å². The van der Waals surface area contributed by atoms with Crippen LogP contribution in [0.1, 0.15) is 16.7 Å². The summed E-state index contributed by atoms with van der Waals surface area (Å²) in [5.74, 6) is 0. The number of aryl methyl sites for hydroxylation is 2. The molecular weight excluding hydrogens is 284 g/mol. The second-order valence-corrected chi connectivity index (χ2v) is 7.17. The number of rotatable bonds is 3. The molecular formula is C16H20N2O2S. The maximum atomic E-state index is 12.8. The minimum atomic E-state index is -3.63. The van der Waals surface area contributed by atoms with Gasteiger partial charge in [0.15, 0.2) is 0 Å². The molecule has 112 valence electrons. The smallest absolute Gasteiger partial charge is 0.264 e. The number of nitrogens with zero attached hydrogens (tertiary/aromatic N) is 1. The highest BCUT2D eigenvalue weighted by Gasteiger charge is 2.24. The third-order valence-electron chi connectivity index (χ3n) is 3.66. The summed E-state index contributed by atoms with van der Waals surface area (Å²) in [4.78, 5) is 0.241. The number of hydrogen-bond acceptors (Lipinski definition) is 3. The molecule has 0 heterocycles. The van der Waals surface area contributed by atoms with Crippen molar-refractivity contribution in [1.29, 1.82) is 0 Å². The zero-order valence-electron chi connectivity index (χ0n) is 12.7. The van der Waals surface area contributed by atoms with Crippen molar-refractivity contribution >= 4 is 21.4 Å². The van der Waals surface area contributed by atoms with E-state index in [2.05, 4.69) is 0 Å². The van der Waals surface area contributed by atoms with Crippen LogP contribution >= 0.6 is 0 Å². The van der Waals surface area contributed by atoms with Crippen molar-refractivity contribution in [3.05, 3.63) is 53.1 Å². The molecule has 0 aliphatic heterocycles. The molecule has 2 aromatic carbocycles. The minimum absolute atomic E-state index is 0.241. The normalized spacial score (nSPS) is 11.4. The first-order chi connectivity index (χ1) is 9.75. The Morgan fingerprint density at radius 2 is 1.71 bits per heavy atom. The summed E-state index contributed by atoms with van der Waals surface area (Å²) < 4.78 is 26.9. The fraction of sp³-hybridized carbons (Fsp3) is 0.250. The van der Waals surface area contributed by atoms with Gasteiger partial charge in [-0.25, -0.2) is 8.42 Å². The van der Waals surface area contributed by atoms with Gasteiger partial charge < -0.3 is 5.73 Å². The van der Waals surface area contributed by atoms with E-state index in [1.165, 1.54) is 4.31 Å². The van der Waals surface area contributed by atoms with E-state index in [-0.39, 0.29) is 4.90 Å². The Hall–Kier alpha value is -2.01. The zero-order chi connectivity index (χ0) is 15.8. The molecule has 0 bridgehead atoms.